The van der Waals surface area contributed by atoms with E-state index < -0.39 is 23.6 Å². The summed E-state index contributed by atoms with van der Waals surface area (Å²) in [5, 5.41) is 11.7. The molecule has 0 aromatic rings. The first kappa shape index (κ1) is 16.3. The molecule has 0 spiro atoms. The molecule has 0 aliphatic carbocycles. The first-order chi connectivity index (χ1) is 8.81. The van der Waals surface area contributed by atoms with Crippen LogP contribution >= 0.6 is 0 Å². The van der Waals surface area contributed by atoms with E-state index in [1.165, 1.54) is 14.2 Å². The van der Waals surface area contributed by atoms with Gasteiger partial charge in [-0.2, -0.15) is 0 Å². The number of hydrogen-bond donors (Lipinski definition) is 2. The molecule has 1 saturated heterocycles. The fraction of sp³-hybridized carbons (Fsp3) is 0.917. The van der Waals surface area contributed by atoms with Gasteiger partial charge in [-0.3, -0.25) is 4.79 Å². The number of hydrogen-bond acceptors (Lipinski definition) is 6. The zero-order valence-corrected chi connectivity index (χ0v) is 12.1. The molecular weight excluding hydrogens is 254 g/mol. The SMILES string of the molecule is CNC(CC1COC(C)(OC)C(C)(OC)O1)C(=O)O. The van der Waals surface area contributed by atoms with Crippen LogP contribution in [0, 0.1) is 0 Å². The Kier molecular flexibility index (Phi) is 5.28. The summed E-state index contributed by atoms with van der Waals surface area (Å²) in [6.07, 6.45) is -0.105. The van der Waals surface area contributed by atoms with Crippen LogP contribution < -0.4 is 5.32 Å². The number of methoxy groups -OCH3 is 2. The first-order valence-corrected chi connectivity index (χ1v) is 6.14. The van der Waals surface area contributed by atoms with Gasteiger partial charge in [-0.15, -0.1) is 0 Å². The van der Waals surface area contributed by atoms with Gasteiger partial charge in [0.15, 0.2) is 0 Å². The molecule has 1 rings (SSSR count). The van der Waals surface area contributed by atoms with Gasteiger partial charge in [0.1, 0.15) is 6.04 Å². The van der Waals surface area contributed by atoms with Gasteiger partial charge in [-0.25, -0.2) is 0 Å². The van der Waals surface area contributed by atoms with Crippen molar-refractivity contribution in [1.29, 1.82) is 0 Å². The quantitative estimate of drug-likeness (QED) is 0.716. The van der Waals surface area contributed by atoms with E-state index in [-0.39, 0.29) is 19.1 Å². The largest absolute Gasteiger partial charge is 0.480 e. The van der Waals surface area contributed by atoms with Crippen LogP contribution in [0.2, 0.25) is 0 Å². The van der Waals surface area contributed by atoms with Crippen LogP contribution in [0.25, 0.3) is 0 Å². The van der Waals surface area contributed by atoms with Crippen LogP contribution in [-0.4, -0.2) is 62.7 Å². The Labute approximate surface area is 113 Å². The molecule has 0 amide bonds. The van der Waals surface area contributed by atoms with Crippen molar-refractivity contribution in [3.8, 4) is 0 Å². The number of aliphatic carboxylic acids is 1. The molecule has 1 aliphatic heterocycles. The summed E-state index contributed by atoms with van der Waals surface area (Å²) in [6, 6.07) is -0.693. The lowest BCUT2D eigenvalue weighted by molar-refractivity contribution is -0.431. The molecule has 0 saturated carbocycles. The summed E-state index contributed by atoms with van der Waals surface area (Å²) in [4.78, 5) is 11.0. The molecule has 0 aromatic heterocycles. The first-order valence-electron chi connectivity index (χ1n) is 6.14. The van der Waals surface area contributed by atoms with Gasteiger partial charge >= 0.3 is 5.97 Å². The van der Waals surface area contributed by atoms with E-state index in [2.05, 4.69) is 5.32 Å². The number of carbonyl (C=O) groups is 1. The minimum atomic E-state index is -1.10. The van der Waals surface area contributed by atoms with E-state index >= 15 is 0 Å². The van der Waals surface area contributed by atoms with Crippen LogP contribution in [0.15, 0.2) is 0 Å². The normalized spacial score (nSPS) is 37.0. The fourth-order valence-corrected chi connectivity index (χ4v) is 2.04. The Bertz CT molecular complexity index is 325. The fourth-order valence-electron chi connectivity index (χ4n) is 2.04. The third-order valence-corrected chi connectivity index (χ3v) is 3.69. The van der Waals surface area contributed by atoms with Crippen molar-refractivity contribution < 1.29 is 28.8 Å². The summed E-state index contributed by atoms with van der Waals surface area (Å²) < 4.78 is 22.2. The molecule has 1 aliphatic rings. The minimum absolute atomic E-state index is 0.245. The van der Waals surface area contributed by atoms with E-state index in [0.29, 0.717) is 0 Å². The van der Waals surface area contributed by atoms with Crippen molar-refractivity contribution in [1.82, 2.24) is 5.32 Å². The molecule has 0 aromatic carbocycles. The second-order valence-electron chi connectivity index (χ2n) is 4.77. The van der Waals surface area contributed by atoms with Gasteiger partial charge in [0.25, 0.3) is 0 Å². The zero-order valence-electron chi connectivity index (χ0n) is 12.1. The Morgan fingerprint density at radius 2 is 2.00 bits per heavy atom. The Balaban J connectivity index is 2.75. The molecule has 0 bridgehead atoms. The smallest absolute Gasteiger partial charge is 0.320 e. The standard InChI is InChI=1S/C12H23NO6/c1-11(16-4)12(2,17-5)19-8(7-18-11)6-9(13-3)10(14)15/h8-9,13H,6-7H2,1-5H3,(H,14,15). The van der Waals surface area contributed by atoms with Crippen LogP contribution in [-0.2, 0) is 23.7 Å². The van der Waals surface area contributed by atoms with Crippen molar-refractivity contribution >= 4 is 5.97 Å². The predicted octanol–water partition coefficient (Wildman–Crippen LogP) is 0.190. The molecule has 4 atom stereocenters. The second kappa shape index (κ2) is 6.15. The average Bonchev–Trinajstić information content (AvgIpc) is 2.39. The second-order valence-corrected chi connectivity index (χ2v) is 4.77. The van der Waals surface area contributed by atoms with E-state index in [9.17, 15) is 4.79 Å². The molecule has 1 heterocycles. The van der Waals surface area contributed by atoms with Gasteiger partial charge in [-0.1, -0.05) is 0 Å². The average molecular weight is 277 g/mol. The third-order valence-electron chi connectivity index (χ3n) is 3.69. The van der Waals surface area contributed by atoms with Crippen molar-refractivity contribution in [2.24, 2.45) is 0 Å². The van der Waals surface area contributed by atoms with Gasteiger partial charge in [0.05, 0.1) is 12.7 Å². The zero-order chi connectivity index (χ0) is 14.7. The molecule has 4 unspecified atom stereocenters. The van der Waals surface area contributed by atoms with Crippen LogP contribution in [0.5, 0.6) is 0 Å². The summed E-state index contributed by atoms with van der Waals surface area (Å²) in [6.45, 7) is 3.67. The summed E-state index contributed by atoms with van der Waals surface area (Å²) in [5.41, 5.74) is 0. The molecule has 1 fully saturated rings. The Morgan fingerprint density at radius 3 is 2.42 bits per heavy atom. The van der Waals surface area contributed by atoms with E-state index in [0.717, 1.165) is 0 Å². The lowest BCUT2D eigenvalue weighted by Crippen LogP contribution is -2.63. The van der Waals surface area contributed by atoms with Crippen molar-refractivity contribution in [2.45, 2.75) is 44.0 Å². The maximum atomic E-state index is 11.0. The molecule has 7 nitrogen and oxygen atoms in total. The van der Waals surface area contributed by atoms with Gasteiger partial charge in [0.2, 0.25) is 11.6 Å². The lowest BCUT2D eigenvalue weighted by atomic mass is 10.0. The Morgan fingerprint density at radius 1 is 1.42 bits per heavy atom. The van der Waals surface area contributed by atoms with Crippen molar-refractivity contribution in [3.63, 3.8) is 0 Å². The number of nitrogens with one attached hydrogen (secondary N) is 1. The molecule has 0 radical (unpaired) electrons. The lowest BCUT2D eigenvalue weighted by Gasteiger charge is -2.49. The molecule has 19 heavy (non-hydrogen) atoms. The third kappa shape index (κ3) is 3.24. The summed E-state index contributed by atoms with van der Waals surface area (Å²) in [7, 11) is 4.60. The van der Waals surface area contributed by atoms with Gasteiger partial charge < -0.3 is 29.4 Å². The van der Waals surface area contributed by atoms with Gasteiger partial charge in [-0.05, 0) is 20.9 Å². The van der Waals surface area contributed by atoms with Crippen LogP contribution in [0.1, 0.15) is 20.3 Å². The number of rotatable bonds is 6. The van der Waals surface area contributed by atoms with E-state index in [1.54, 1.807) is 20.9 Å². The predicted molar refractivity (Wildman–Crippen MR) is 66.8 cm³/mol. The highest BCUT2D eigenvalue weighted by Gasteiger charge is 2.53. The Hall–Kier alpha value is -0.730. The van der Waals surface area contributed by atoms with E-state index in [4.69, 9.17) is 24.1 Å². The molecule has 7 heteroatoms. The molecular formula is C12H23NO6. The highest BCUT2D eigenvalue weighted by atomic mass is 16.8. The maximum Gasteiger partial charge on any atom is 0.320 e. The van der Waals surface area contributed by atoms with E-state index in [1.807, 2.05) is 0 Å². The maximum absolute atomic E-state index is 11.0. The van der Waals surface area contributed by atoms with Gasteiger partial charge in [0, 0.05) is 20.6 Å². The topological polar surface area (TPSA) is 86.3 Å². The number of carboxylic acids is 1. The number of ether oxygens (including phenoxy) is 4. The van der Waals surface area contributed by atoms with Crippen LogP contribution in [0.4, 0.5) is 0 Å². The molecule has 2 N–H and O–H groups in total. The number of likely N-dealkylation sites (N-methyl/N-ethyl adjacent to an activating group) is 1. The highest BCUT2D eigenvalue weighted by Crippen LogP contribution is 2.37. The number of carboxylic acid groups (broad SMARTS) is 1. The summed E-state index contributed by atoms with van der Waals surface area (Å²) >= 11 is 0. The van der Waals surface area contributed by atoms with Crippen LogP contribution in [0.3, 0.4) is 0 Å². The summed E-state index contributed by atoms with van der Waals surface area (Å²) in [5.74, 6) is -3.05. The molecule has 112 valence electrons. The highest BCUT2D eigenvalue weighted by molar-refractivity contribution is 5.73. The monoisotopic (exact) mass is 277 g/mol. The van der Waals surface area contributed by atoms with Crippen molar-refractivity contribution in [3.05, 3.63) is 0 Å². The van der Waals surface area contributed by atoms with Crippen molar-refractivity contribution in [2.75, 3.05) is 27.9 Å². The minimum Gasteiger partial charge on any atom is -0.480 e.